The Morgan fingerprint density at radius 1 is 1.43 bits per heavy atom. The largest absolute Gasteiger partial charge is 0.491 e. The fraction of sp³-hybridized carbons (Fsp3) is 0.562. The highest BCUT2D eigenvalue weighted by molar-refractivity contribution is 5.94. The third kappa shape index (κ3) is 3.54. The van der Waals surface area contributed by atoms with Crippen molar-refractivity contribution in [3.8, 4) is 5.75 Å². The Kier molecular flexibility index (Phi) is 4.41. The van der Waals surface area contributed by atoms with Crippen molar-refractivity contribution < 1.29 is 14.3 Å². The number of likely N-dealkylation sites (tertiary alicyclic amines) is 1. The number of hydrogen-bond donors (Lipinski definition) is 1. The van der Waals surface area contributed by atoms with Crippen LogP contribution in [0.15, 0.2) is 24.3 Å². The molecule has 0 aromatic heterocycles. The summed E-state index contributed by atoms with van der Waals surface area (Å²) in [5, 5.41) is 0. The summed E-state index contributed by atoms with van der Waals surface area (Å²) in [5.74, 6) is 0.755. The molecule has 2 aliphatic rings. The van der Waals surface area contributed by atoms with Crippen LogP contribution in [0.5, 0.6) is 5.75 Å². The van der Waals surface area contributed by atoms with Gasteiger partial charge in [-0.15, -0.1) is 0 Å². The van der Waals surface area contributed by atoms with Gasteiger partial charge in [0.1, 0.15) is 12.4 Å². The molecule has 0 saturated carbocycles. The number of carbonyl (C=O) groups is 1. The zero-order valence-electron chi connectivity index (χ0n) is 12.2. The second-order valence-corrected chi connectivity index (χ2v) is 5.77. The molecule has 1 amide bonds. The highest BCUT2D eigenvalue weighted by atomic mass is 16.5. The van der Waals surface area contributed by atoms with E-state index in [4.69, 9.17) is 15.2 Å². The highest BCUT2D eigenvalue weighted by Crippen LogP contribution is 2.19. The van der Waals surface area contributed by atoms with Gasteiger partial charge in [-0.3, -0.25) is 4.79 Å². The summed E-state index contributed by atoms with van der Waals surface area (Å²) in [5.41, 5.74) is 6.52. The average molecular weight is 290 g/mol. The minimum absolute atomic E-state index is 0.0329. The molecule has 114 valence electrons. The minimum atomic E-state index is 0.0329. The Labute approximate surface area is 125 Å². The minimum Gasteiger partial charge on any atom is -0.491 e. The second kappa shape index (κ2) is 6.45. The lowest BCUT2D eigenvalue weighted by atomic mass is 10.2. The molecule has 2 aliphatic heterocycles. The van der Waals surface area contributed by atoms with Gasteiger partial charge in [-0.05, 0) is 37.5 Å². The number of amides is 1. The van der Waals surface area contributed by atoms with Crippen molar-refractivity contribution in [2.45, 2.75) is 31.4 Å². The maximum Gasteiger partial charge on any atom is 0.254 e. The number of nitrogens with two attached hydrogens (primary N) is 1. The lowest BCUT2D eigenvalue weighted by Crippen LogP contribution is -2.31. The van der Waals surface area contributed by atoms with Crippen molar-refractivity contribution in [1.82, 2.24) is 4.90 Å². The van der Waals surface area contributed by atoms with E-state index in [9.17, 15) is 4.79 Å². The summed E-state index contributed by atoms with van der Waals surface area (Å²) in [6.45, 7) is 2.74. The summed E-state index contributed by atoms with van der Waals surface area (Å²) in [6.07, 6.45) is 3.20. The maximum atomic E-state index is 12.4. The molecule has 5 nitrogen and oxygen atoms in total. The van der Waals surface area contributed by atoms with E-state index in [0.717, 1.165) is 38.2 Å². The number of nitrogens with zero attached hydrogens (tertiary/aromatic N) is 1. The molecule has 1 aromatic carbocycles. The summed E-state index contributed by atoms with van der Waals surface area (Å²) in [4.78, 5) is 14.2. The first-order chi connectivity index (χ1) is 10.2. The first kappa shape index (κ1) is 14.4. The molecule has 2 fully saturated rings. The van der Waals surface area contributed by atoms with Crippen molar-refractivity contribution in [2.24, 2.45) is 5.73 Å². The van der Waals surface area contributed by atoms with Crippen LogP contribution in [0.1, 0.15) is 29.6 Å². The molecular weight excluding hydrogens is 268 g/mol. The van der Waals surface area contributed by atoms with Gasteiger partial charge in [-0.25, -0.2) is 0 Å². The molecule has 1 aromatic rings. The standard InChI is InChI=1S/C16H22N2O3/c17-13-6-7-18(10-13)16(19)12-3-1-4-14(9-12)21-11-15-5-2-8-20-15/h1,3-4,9,13,15H,2,5-8,10-11,17H2/t13-,15+/m1/s1. The van der Waals surface area contributed by atoms with E-state index in [1.165, 1.54) is 0 Å². The lowest BCUT2D eigenvalue weighted by Gasteiger charge is -2.17. The molecule has 2 atom stereocenters. The molecular formula is C16H22N2O3. The van der Waals surface area contributed by atoms with Crippen molar-refractivity contribution >= 4 is 5.91 Å². The average Bonchev–Trinajstić information content (AvgIpc) is 3.16. The van der Waals surface area contributed by atoms with E-state index in [2.05, 4.69) is 0 Å². The van der Waals surface area contributed by atoms with Crippen LogP contribution < -0.4 is 10.5 Å². The maximum absolute atomic E-state index is 12.4. The van der Waals surface area contributed by atoms with Crippen LogP contribution in [0.4, 0.5) is 0 Å². The van der Waals surface area contributed by atoms with Crippen molar-refractivity contribution in [3.63, 3.8) is 0 Å². The summed E-state index contributed by atoms with van der Waals surface area (Å²) in [6, 6.07) is 7.47. The molecule has 2 N–H and O–H groups in total. The van der Waals surface area contributed by atoms with Gasteiger partial charge in [-0.2, -0.15) is 0 Å². The van der Waals surface area contributed by atoms with E-state index in [-0.39, 0.29) is 18.1 Å². The van der Waals surface area contributed by atoms with Gasteiger partial charge in [0.15, 0.2) is 0 Å². The number of carbonyl (C=O) groups excluding carboxylic acids is 1. The number of rotatable bonds is 4. The normalized spacial score (nSPS) is 25.3. The van der Waals surface area contributed by atoms with Gasteiger partial charge >= 0.3 is 0 Å². The summed E-state index contributed by atoms with van der Waals surface area (Å²) in [7, 11) is 0. The van der Waals surface area contributed by atoms with Crippen LogP contribution in [-0.2, 0) is 4.74 Å². The van der Waals surface area contributed by atoms with Gasteiger partial charge < -0.3 is 20.1 Å². The summed E-state index contributed by atoms with van der Waals surface area (Å²) < 4.78 is 11.3. The Bertz CT molecular complexity index is 500. The van der Waals surface area contributed by atoms with Crippen LogP contribution in [-0.4, -0.2) is 49.3 Å². The topological polar surface area (TPSA) is 64.8 Å². The van der Waals surface area contributed by atoms with Gasteiger partial charge in [0.05, 0.1) is 6.10 Å². The van der Waals surface area contributed by atoms with Crippen LogP contribution in [0, 0.1) is 0 Å². The molecule has 0 aliphatic carbocycles. The van der Waals surface area contributed by atoms with E-state index in [0.29, 0.717) is 18.7 Å². The summed E-state index contributed by atoms with van der Waals surface area (Å²) >= 11 is 0. The number of ether oxygens (including phenoxy) is 2. The first-order valence-electron chi connectivity index (χ1n) is 7.62. The quantitative estimate of drug-likeness (QED) is 0.911. The van der Waals surface area contributed by atoms with Crippen molar-refractivity contribution in [2.75, 3.05) is 26.3 Å². The zero-order chi connectivity index (χ0) is 14.7. The van der Waals surface area contributed by atoms with Crippen LogP contribution in [0.3, 0.4) is 0 Å². The lowest BCUT2D eigenvalue weighted by molar-refractivity contribution is 0.0678. The Balaban J connectivity index is 1.60. The Morgan fingerprint density at radius 2 is 2.33 bits per heavy atom. The van der Waals surface area contributed by atoms with Crippen LogP contribution in [0.25, 0.3) is 0 Å². The first-order valence-corrected chi connectivity index (χ1v) is 7.62. The van der Waals surface area contributed by atoms with E-state index in [1.54, 1.807) is 6.07 Å². The second-order valence-electron chi connectivity index (χ2n) is 5.77. The number of hydrogen-bond acceptors (Lipinski definition) is 4. The molecule has 5 heteroatoms. The van der Waals surface area contributed by atoms with Crippen LogP contribution >= 0.6 is 0 Å². The molecule has 0 bridgehead atoms. The monoisotopic (exact) mass is 290 g/mol. The molecule has 0 radical (unpaired) electrons. The van der Waals surface area contributed by atoms with Crippen molar-refractivity contribution in [1.29, 1.82) is 0 Å². The van der Waals surface area contributed by atoms with E-state index in [1.807, 2.05) is 23.1 Å². The van der Waals surface area contributed by atoms with Gasteiger partial charge in [0.2, 0.25) is 0 Å². The third-order valence-corrected chi connectivity index (χ3v) is 4.05. The predicted octanol–water partition coefficient (Wildman–Crippen LogP) is 1.42. The number of benzene rings is 1. The van der Waals surface area contributed by atoms with Crippen LogP contribution in [0.2, 0.25) is 0 Å². The molecule has 2 heterocycles. The zero-order valence-corrected chi connectivity index (χ0v) is 12.2. The third-order valence-electron chi connectivity index (χ3n) is 4.05. The molecule has 21 heavy (non-hydrogen) atoms. The van der Waals surface area contributed by atoms with E-state index >= 15 is 0 Å². The fourth-order valence-electron chi connectivity index (χ4n) is 2.84. The predicted molar refractivity (Wildman–Crippen MR) is 79.4 cm³/mol. The molecule has 0 unspecified atom stereocenters. The molecule has 3 rings (SSSR count). The van der Waals surface area contributed by atoms with Gasteiger partial charge in [-0.1, -0.05) is 6.07 Å². The SMILES string of the molecule is N[C@@H]1CCN(C(=O)c2cccc(OC[C@@H]3CCCO3)c2)C1. The van der Waals surface area contributed by atoms with Gasteiger partial charge in [0.25, 0.3) is 5.91 Å². The Hall–Kier alpha value is -1.59. The fourth-order valence-corrected chi connectivity index (χ4v) is 2.84. The Morgan fingerprint density at radius 3 is 3.05 bits per heavy atom. The smallest absolute Gasteiger partial charge is 0.254 e. The molecule has 0 spiro atoms. The van der Waals surface area contributed by atoms with Gasteiger partial charge in [0, 0.05) is 31.3 Å². The van der Waals surface area contributed by atoms with Crippen molar-refractivity contribution in [3.05, 3.63) is 29.8 Å². The molecule has 2 saturated heterocycles. The highest BCUT2D eigenvalue weighted by Gasteiger charge is 2.24. The van der Waals surface area contributed by atoms with E-state index < -0.39 is 0 Å².